The van der Waals surface area contributed by atoms with E-state index in [0.29, 0.717) is 54.2 Å². The number of alkyl carbamates (subject to hydrolysis) is 2. The second-order valence-corrected chi connectivity index (χ2v) is 28.2. The van der Waals surface area contributed by atoms with Gasteiger partial charge < -0.3 is 66.2 Å². The van der Waals surface area contributed by atoms with Crippen molar-refractivity contribution in [1.29, 1.82) is 0 Å². The average Bonchev–Trinajstić information content (AvgIpc) is 1.61. The number of nitrogens with one attached hydrogen (secondary N) is 2. The summed E-state index contributed by atoms with van der Waals surface area (Å²) in [4.78, 5) is 58.4. The van der Waals surface area contributed by atoms with Gasteiger partial charge in [-0.3, -0.25) is 28.4 Å². The number of nitrogens with two attached hydrogens (primary N) is 1. The van der Waals surface area contributed by atoms with Gasteiger partial charge in [0.1, 0.15) is 67.4 Å². The summed E-state index contributed by atoms with van der Waals surface area (Å²) in [6.45, 7) is 2.84. The number of fused-ring (bicyclic) bond motifs is 9. The molecule has 2 aliphatic carbocycles. The number of esters is 2. The number of carboxylic acid groups (broad SMARTS) is 1. The number of nitrogens with zero attached hydrogens (tertiary/aromatic N) is 6. The normalized spacial score (nSPS) is 11.5. The number of para-hydroxylation sites is 3. The van der Waals surface area contributed by atoms with Crippen LogP contribution in [0.5, 0.6) is 0 Å². The standard InChI is InChI=1S/C37H31N3O5.C22H21N3O3.C19H16N2O2.C18H17NO4.CH3.Y/c41-35(20-21-38-37(42)44-24-32-29-14-6-4-12-27(29)28-13-5-7-15-30(28)32)43-23-26-18-19-34(45-26)36-31-16-8-9-17-33(31)40(39-36)22-25-10-2-1-3-11-25;23-13-12-21(26)27-15-17-10-11-20(28-17)22-18-8-4-5-9-19(18)25(24-22)14-16-6-2-1-3-7-16;22-13-15-10-11-18(23-15)19-16-8-4-5-9-17(16)21(20-19)12-14-6-2-1-3-7-14;20-17(21)9-10-19-18(22)23-11-16-14-7-3-1-5-12(14)13-6-2-4-8-15(13)16;;/h1-19,32H,20-24H2,(H,38,42);1-11H,12-15,23H2;1-11,22H,12-13H2;1-8,16H,9-11H2,(H,19,22)(H,20,21);1H3;/q;;;;-1;. The van der Waals surface area contributed by atoms with Gasteiger partial charge in [-0.05, 0) is 116 Å². The summed E-state index contributed by atoms with van der Waals surface area (Å²) in [5.41, 5.74) is 23.5. The van der Waals surface area contributed by atoms with E-state index in [0.717, 1.165) is 77.6 Å². The van der Waals surface area contributed by atoms with E-state index >= 15 is 0 Å². The summed E-state index contributed by atoms with van der Waals surface area (Å²) in [6, 6.07) is 98.2. The van der Waals surface area contributed by atoms with Crippen LogP contribution in [0.3, 0.4) is 0 Å². The number of aliphatic carboxylic acids is 1. The van der Waals surface area contributed by atoms with E-state index in [-0.39, 0.29) is 130 Å². The van der Waals surface area contributed by atoms with Gasteiger partial charge in [-0.15, -0.1) is 0 Å². The van der Waals surface area contributed by atoms with Crippen molar-refractivity contribution < 1.29 is 99.1 Å². The Balaban J connectivity index is 0.000000145. The van der Waals surface area contributed by atoms with Crippen LogP contribution in [0.15, 0.2) is 311 Å². The molecule has 609 valence electrons. The number of rotatable bonds is 26. The van der Waals surface area contributed by atoms with Crippen molar-refractivity contribution in [1.82, 2.24) is 40.0 Å². The Labute approximate surface area is 723 Å². The Morgan fingerprint density at radius 3 is 1.02 bits per heavy atom. The van der Waals surface area contributed by atoms with Gasteiger partial charge in [-0.1, -0.05) is 243 Å². The third-order valence-electron chi connectivity index (χ3n) is 20.3. The molecular formula is C97H88N9O14Y-. The summed E-state index contributed by atoms with van der Waals surface area (Å²) in [5.74, 6) is 1.78. The molecule has 6 heterocycles. The van der Waals surface area contributed by atoms with E-state index in [1.54, 1.807) is 18.2 Å². The molecule has 0 saturated heterocycles. The number of furan rings is 3. The topological polar surface area (TPSA) is 306 Å². The van der Waals surface area contributed by atoms with Gasteiger partial charge >= 0.3 is 30.1 Å². The van der Waals surface area contributed by atoms with E-state index < -0.39 is 24.1 Å². The van der Waals surface area contributed by atoms with Crippen LogP contribution >= 0.6 is 0 Å². The van der Waals surface area contributed by atoms with Crippen molar-refractivity contribution in [3.8, 4) is 56.6 Å². The van der Waals surface area contributed by atoms with Gasteiger partial charge in [0.2, 0.25) is 0 Å². The van der Waals surface area contributed by atoms with Gasteiger partial charge in [0.15, 0.2) is 17.3 Å². The Hall–Kier alpha value is -13.6. The minimum atomic E-state index is -0.955. The number of carbonyl (C=O) groups is 5. The fourth-order valence-electron chi connectivity index (χ4n) is 14.7. The first kappa shape index (κ1) is 85.3. The Kier molecular flexibility index (Phi) is 29.1. The summed E-state index contributed by atoms with van der Waals surface area (Å²) >= 11 is 0. The first-order chi connectivity index (χ1) is 58.4. The van der Waals surface area contributed by atoms with Crippen LogP contribution in [-0.4, -0.2) is 102 Å². The number of ether oxygens (including phenoxy) is 4. The monoisotopic (exact) mass is 1690 g/mol. The molecule has 24 heteroatoms. The molecule has 0 spiro atoms. The van der Waals surface area contributed by atoms with Crippen LogP contribution in [0.1, 0.15) is 87.3 Å². The second kappa shape index (κ2) is 41.2. The molecule has 0 atom stereocenters. The molecular weight excluding hydrogens is 1600 g/mol. The van der Waals surface area contributed by atoms with Crippen molar-refractivity contribution >= 4 is 62.8 Å². The third kappa shape index (κ3) is 20.9. The van der Waals surface area contributed by atoms with Crippen LogP contribution in [0.4, 0.5) is 9.59 Å². The van der Waals surface area contributed by atoms with Crippen molar-refractivity contribution in [2.24, 2.45) is 5.73 Å². The number of aliphatic hydroxyl groups is 1. The minimum Gasteiger partial charge on any atom is -0.481 e. The Bertz CT molecular complexity index is 6100. The summed E-state index contributed by atoms with van der Waals surface area (Å²) in [6.07, 6.45) is -1.08. The van der Waals surface area contributed by atoms with Crippen molar-refractivity contribution in [3.63, 3.8) is 0 Å². The van der Waals surface area contributed by atoms with Gasteiger partial charge in [-0.25, -0.2) is 9.59 Å². The van der Waals surface area contributed by atoms with Crippen LogP contribution in [0.25, 0.3) is 89.3 Å². The predicted octanol–water partition coefficient (Wildman–Crippen LogP) is 18.3. The molecule has 6 N–H and O–H groups in total. The minimum absolute atomic E-state index is 0. The third-order valence-corrected chi connectivity index (χ3v) is 20.3. The molecule has 0 aliphatic heterocycles. The van der Waals surface area contributed by atoms with Crippen LogP contribution < -0.4 is 16.4 Å². The zero-order chi connectivity index (χ0) is 81.8. The first-order valence-electron chi connectivity index (χ1n) is 39.2. The number of amides is 2. The second-order valence-electron chi connectivity index (χ2n) is 28.2. The molecule has 18 rings (SSSR count). The molecule has 121 heavy (non-hydrogen) atoms. The van der Waals surface area contributed by atoms with Gasteiger partial charge in [0.25, 0.3) is 0 Å². The molecule has 0 unspecified atom stereocenters. The van der Waals surface area contributed by atoms with Crippen LogP contribution in [-0.2, 0) is 105 Å². The quantitative estimate of drug-likeness (QED) is 0.0191. The Morgan fingerprint density at radius 2 is 0.678 bits per heavy atom. The maximum absolute atomic E-state index is 12.4. The van der Waals surface area contributed by atoms with Crippen LogP contribution in [0, 0.1) is 7.43 Å². The molecule has 1 radical (unpaired) electrons. The number of aliphatic hydroxyl groups excluding tert-OH is 1. The van der Waals surface area contributed by atoms with Crippen molar-refractivity contribution in [3.05, 3.63) is 361 Å². The molecule has 2 aliphatic rings. The molecule has 16 aromatic rings. The molecule has 23 nitrogen and oxygen atoms in total. The van der Waals surface area contributed by atoms with E-state index in [9.17, 15) is 29.1 Å². The molecule has 0 bridgehead atoms. The number of hydrogen-bond acceptors (Lipinski definition) is 17. The van der Waals surface area contributed by atoms with E-state index in [1.807, 2.05) is 214 Å². The molecule has 2 amide bonds. The largest absolute Gasteiger partial charge is 0.481 e. The molecule has 0 saturated carbocycles. The van der Waals surface area contributed by atoms with Crippen LogP contribution in [0.2, 0.25) is 0 Å². The molecule has 10 aromatic carbocycles. The van der Waals surface area contributed by atoms with Crippen molar-refractivity contribution in [2.75, 3.05) is 32.8 Å². The number of carboxylic acids is 1. The zero-order valence-electron chi connectivity index (χ0n) is 66.5. The van der Waals surface area contributed by atoms with E-state index in [2.05, 4.69) is 89.5 Å². The van der Waals surface area contributed by atoms with E-state index in [4.69, 9.17) is 58.3 Å². The van der Waals surface area contributed by atoms with Crippen molar-refractivity contribution in [2.45, 2.75) is 70.6 Å². The Morgan fingerprint density at radius 1 is 0.372 bits per heavy atom. The number of benzene rings is 10. The van der Waals surface area contributed by atoms with E-state index in [1.165, 1.54) is 33.4 Å². The maximum atomic E-state index is 12.4. The summed E-state index contributed by atoms with van der Waals surface area (Å²) < 4.78 is 44.9. The number of hydrogen-bond donors (Lipinski definition) is 5. The predicted molar refractivity (Wildman–Crippen MR) is 458 cm³/mol. The molecule has 6 aromatic heterocycles. The average molecular weight is 1690 g/mol. The number of aromatic nitrogens is 6. The summed E-state index contributed by atoms with van der Waals surface area (Å²) in [7, 11) is 0. The first-order valence-corrected chi connectivity index (χ1v) is 39.2. The fraction of sp³-hybridized carbons (Fsp3) is 0.165. The van der Waals surface area contributed by atoms with Gasteiger partial charge in [-0.2, -0.15) is 15.3 Å². The van der Waals surface area contributed by atoms with Gasteiger partial charge in [0.05, 0.1) is 55.4 Å². The fourth-order valence-corrected chi connectivity index (χ4v) is 14.7. The smallest absolute Gasteiger partial charge is 0.407 e. The SMILES string of the molecule is NCCC(=O)OCc1ccc(-c2nn(Cc3ccccc3)c3ccccc23)o1.O=C(CCNC(=O)OCC1c2ccccc2-c2ccccc21)OCc1ccc(-c2nn(Cc3ccccc3)c3ccccc23)o1.O=C(O)CCNC(=O)OCC1c2ccccc2-c2ccccc21.OCc1ccc(-c2nn(Cc3ccccc3)c3ccccc23)o1.[CH3-].[Y]. The zero-order valence-corrected chi connectivity index (χ0v) is 69.3. The number of carbonyl (C=O) groups excluding carboxylic acids is 4. The van der Waals surface area contributed by atoms with Gasteiger partial charge in [0, 0.05) is 80.3 Å². The molecule has 0 fully saturated rings. The maximum Gasteiger partial charge on any atom is 0.407 e. The summed E-state index contributed by atoms with van der Waals surface area (Å²) in [5, 5.41) is 40.3.